The number of halogens is 1. The van der Waals surface area contributed by atoms with Crippen LogP contribution in [0.2, 0.25) is 5.02 Å². The molecule has 0 aliphatic heterocycles. The van der Waals surface area contributed by atoms with Gasteiger partial charge in [0.2, 0.25) is 0 Å². The van der Waals surface area contributed by atoms with Crippen LogP contribution in [0.3, 0.4) is 0 Å². The zero-order valence-electron chi connectivity index (χ0n) is 17.2. The lowest BCUT2D eigenvalue weighted by Gasteiger charge is -2.13. The Morgan fingerprint density at radius 1 is 1.00 bits per heavy atom. The van der Waals surface area contributed by atoms with Crippen LogP contribution < -0.4 is 14.8 Å². The normalized spacial score (nSPS) is 11.1. The number of ether oxygens (including phenoxy) is 1. The molecule has 8 heteroatoms. The predicted molar refractivity (Wildman–Crippen MR) is 122 cm³/mol. The highest BCUT2D eigenvalue weighted by Gasteiger charge is 2.19. The van der Waals surface area contributed by atoms with Crippen molar-refractivity contribution in [2.45, 2.75) is 18.7 Å². The van der Waals surface area contributed by atoms with Crippen molar-refractivity contribution >= 4 is 33.2 Å². The summed E-state index contributed by atoms with van der Waals surface area (Å²) in [6, 6.07) is 18.6. The van der Waals surface area contributed by atoms with E-state index in [-0.39, 0.29) is 23.6 Å². The molecule has 0 radical (unpaired) electrons. The van der Waals surface area contributed by atoms with Crippen molar-refractivity contribution in [2.24, 2.45) is 0 Å². The Morgan fingerprint density at radius 2 is 1.71 bits per heavy atom. The van der Waals surface area contributed by atoms with Crippen LogP contribution in [0.25, 0.3) is 0 Å². The quantitative estimate of drug-likeness (QED) is 0.484. The molecule has 0 bridgehead atoms. The molecule has 0 aliphatic carbocycles. The largest absolute Gasteiger partial charge is 0.490 e. The molecular formula is C23H23ClN2O4S. The third-order valence-corrected chi connectivity index (χ3v) is 6.36. The number of hydrogen-bond donors (Lipinski definition) is 2. The van der Waals surface area contributed by atoms with E-state index in [0.717, 1.165) is 5.56 Å². The number of rotatable bonds is 8. The second-order valence-electron chi connectivity index (χ2n) is 6.99. The van der Waals surface area contributed by atoms with Crippen LogP contribution in [-0.4, -0.2) is 27.5 Å². The zero-order valence-corrected chi connectivity index (χ0v) is 18.8. The van der Waals surface area contributed by atoms with Gasteiger partial charge < -0.3 is 10.1 Å². The molecule has 2 N–H and O–H groups in total. The zero-order chi connectivity index (χ0) is 22.4. The van der Waals surface area contributed by atoms with Crippen molar-refractivity contribution in [1.82, 2.24) is 5.32 Å². The summed E-state index contributed by atoms with van der Waals surface area (Å²) < 4.78 is 33.8. The lowest BCUT2D eigenvalue weighted by molar-refractivity contribution is 0.0947. The molecule has 0 spiro atoms. The summed E-state index contributed by atoms with van der Waals surface area (Å²) in [4.78, 5) is 12.6. The Kier molecular flexibility index (Phi) is 7.20. The van der Waals surface area contributed by atoms with E-state index in [0.29, 0.717) is 22.0 Å². The van der Waals surface area contributed by atoms with Gasteiger partial charge in [-0.3, -0.25) is 9.52 Å². The number of hydrogen-bond acceptors (Lipinski definition) is 4. The van der Waals surface area contributed by atoms with Gasteiger partial charge in [0.1, 0.15) is 12.4 Å². The summed E-state index contributed by atoms with van der Waals surface area (Å²) in [5, 5.41) is 3.21. The Balaban J connectivity index is 1.66. The number of sulfonamides is 1. The minimum atomic E-state index is -3.85. The van der Waals surface area contributed by atoms with E-state index >= 15 is 0 Å². The van der Waals surface area contributed by atoms with Crippen LogP contribution in [0, 0.1) is 13.8 Å². The highest BCUT2D eigenvalue weighted by Crippen LogP contribution is 2.23. The van der Waals surface area contributed by atoms with E-state index in [2.05, 4.69) is 10.0 Å². The summed E-state index contributed by atoms with van der Waals surface area (Å²) >= 11 is 6.03. The molecule has 6 nitrogen and oxygen atoms in total. The fourth-order valence-corrected chi connectivity index (χ4v) is 4.37. The Morgan fingerprint density at radius 3 is 2.42 bits per heavy atom. The van der Waals surface area contributed by atoms with Gasteiger partial charge in [-0.1, -0.05) is 47.5 Å². The molecule has 0 heterocycles. The van der Waals surface area contributed by atoms with E-state index in [1.54, 1.807) is 55.5 Å². The van der Waals surface area contributed by atoms with Gasteiger partial charge in [0.05, 0.1) is 16.5 Å². The number of aryl methyl sites for hydroxylation is 2. The van der Waals surface area contributed by atoms with Crippen LogP contribution in [0.15, 0.2) is 71.6 Å². The molecule has 162 valence electrons. The van der Waals surface area contributed by atoms with Crippen molar-refractivity contribution in [1.29, 1.82) is 0 Å². The molecule has 3 aromatic carbocycles. The number of carbonyl (C=O) groups excluding carboxylic acids is 1. The van der Waals surface area contributed by atoms with Crippen molar-refractivity contribution in [3.8, 4) is 5.75 Å². The first-order valence-electron chi connectivity index (χ1n) is 9.62. The maximum Gasteiger partial charge on any atom is 0.262 e. The van der Waals surface area contributed by atoms with Crippen LogP contribution in [0.4, 0.5) is 5.69 Å². The van der Waals surface area contributed by atoms with E-state index in [9.17, 15) is 13.2 Å². The SMILES string of the molecule is Cc1ccc(NS(=O)(=O)c2cc(C(=O)NCCOc3ccccc3Cl)ccc2C)cc1. The van der Waals surface area contributed by atoms with Gasteiger partial charge in [-0.2, -0.15) is 0 Å². The van der Waals surface area contributed by atoms with Crippen molar-refractivity contribution in [3.63, 3.8) is 0 Å². The first-order valence-corrected chi connectivity index (χ1v) is 11.5. The smallest absolute Gasteiger partial charge is 0.262 e. The third kappa shape index (κ3) is 5.99. The molecule has 3 aromatic rings. The first-order chi connectivity index (χ1) is 14.8. The molecule has 31 heavy (non-hydrogen) atoms. The summed E-state index contributed by atoms with van der Waals surface area (Å²) in [6.45, 7) is 4.07. The molecular weight excluding hydrogens is 436 g/mol. The fourth-order valence-electron chi connectivity index (χ4n) is 2.85. The summed E-state index contributed by atoms with van der Waals surface area (Å²) in [6.07, 6.45) is 0. The summed E-state index contributed by atoms with van der Waals surface area (Å²) in [7, 11) is -3.85. The van der Waals surface area contributed by atoms with Crippen LogP contribution in [0.5, 0.6) is 5.75 Å². The number of amides is 1. The minimum Gasteiger partial charge on any atom is -0.490 e. The Labute approximate surface area is 187 Å². The first kappa shape index (κ1) is 22.7. The van der Waals surface area contributed by atoms with Crippen LogP contribution in [0.1, 0.15) is 21.5 Å². The van der Waals surface area contributed by atoms with E-state index in [1.807, 2.05) is 19.1 Å². The third-order valence-electron chi connectivity index (χ3n) is 4.53. The number of nitrogens with one attached hydrogen (secondary N) is 2. The topological polar surface area (TPSA) is 84.5 Å². The summed E-state index contributed by atoms with van der Waals surface area (Å²) in [5.41, 5.74) is 2.26. The summed E-state index contributed by atoms with van der Waals surface area (Å²) in [5.74, 6) is 0.138. The van der Waals surface area contributed by atoms with Gasteiger partial charge in [0.15, 0.2) is 0 Å². The van der Waals surface area contributed by atoms with Gasteiger partial charge in [-0.25, -0.2) is 8.42 Å². The molecule has 0 saturated heterocycles. The van der Waals surface area contributed by atoms with Crippen LogP contribution in [-0.2, 0) is 10.0 Å². The predicted octanol–water partition coefficient (Wildman–Crippen LogP) is 4.57. The van der Waals surface area contributed by atoms with Crippen molar-refractivity contribution < 1.29 is 17.9 Å². The molecule has 0 unspecified atom stereocenters. The van der Waals surface area contributed by atoms with Gasteiger partial charge in [-0.05, 0) is 55.8 Å². The molecule has 1 amide bonds. The number of carbonyl (C=O) groups is 1. The number of anilines is 1. The van der Waals surface area contributed by atoms with Gasteiger partial charge in [-0.15, -0.1) is 0 Å². The fraction of sp³-hybridized carbons (Fsp3) is 0.174. The molecule has 0 aromatic heterocycles. The molecule has 3 rings (SSSR count). The average molecular weight is 459 g/mol. The lowest BCUT2D eigenvalue weighted by atomic mass is 10.1. The van der Waals surface area contributed by atoms with Crippen LogP contribution >= 0.6 is 11.6 Å². The maximum atomic E-state index is 12.9. The monoisotopic (exact) mass is 458 g/mol. The van der Waals surface area contributed by atoms with Gasteiger partial charge in [0.25, 0.3) is 15.9 Å². The second kappa shape index (κ2) is 9.85. The lowest BCUT2D eigenvalue weighted by Crippen LogP contribution is -2.28. The molecule has 0 saturated carbocycles. The van der Waals surface area contributed by atoms with E-state index in [4.69, 9.17) is 16.3 Å². The highest BCUT2D eigenvalue weighted by atomic mass is 35.5. The van der Waals surface area contributed by atoms with E-state index < -0.39 is 15.9 Å². The molecule has 0 atom stereocenters. The number of para-hydroxylation sites is 1. The van der Waals surface area contributed by atoms with Crippen molar-refractivity contribution in [3.05, 3.63) is 88.4 Å². The van der Waals surface area contributed by atoms with Gasteiger partial charge in [0, 0.05) is 11.3 Å². The second-order valence-corrected chi connectivity index (χ2v) is 9.04. The Bertz CT molecular complexity index is 1180. The van der Waals surface area contributed by atoms with Crippen molar-refractivity contribution in [2.75, 3.05) is 17.9 Å². The maximum absolute atomic E-state index is 12.9. The standard InChI is InChI=1S/C23H23ClN2O4S/c1-16-7-11-19(12-8-16)26-31(28,29)22-15-18(10-9-17(22)2)23(27)25-13-14-30-21-6-4-3-5-20(21)24/h3-12,15,26H,13-14H2,1-2H3,(H,25,27). The molecule has 0 aliphatic rings. The number of benzene rings is 3. The molecule has 0 fully saturated rings. The average Bonchev–Trinajstić information content (AvgIpc) is 2.74. The minimum absolute atomic E-state index is 0.0491. The van der Waals surface area contributed by atoms with E-state index in [1.165, 1.54) is 6.07 Å². The highest BCUT2D eigenvalue weighted by molar-refractivity contribution is 7.92. The van der Waals surface area contributed by atoms with Gasteiger partial charge >= 0.3 is 0 Å². The Hall–Kier alpha value is -3.03.